The lowest BCUT2D eigenvalue weighted by Crippen LogP contribution is -2.52. The first-order chi connectivity index (χ1) is 14.8. The van der Waals surface area contributed by atoms with Crippen molar-refractivity contribution in [2.24, 2.45) is 0 Å². The van der Waals surface area contributed by atoms with Crippen LogP contribution >= 0.6 is 11.6 Å². The van der Waals surface area contributed by atoms with Crippen LogP contribution < -0.4 is 10.6 Å². The zero-order valence-corrected chi connectivity index (χ0v) is 17.8. The molecule has 4 rings (SSSR count). The summed E-state index contributed by atoms with van der Waals surface area (Å²) < 4.78 is 0. The SMILES string of the molecule is Cc1ccc(NC(=O)CCc2cccc3c2CN(C2CCC(=O)NC2=O)C3=O)cc1Cl. The number of hydrogen-bond acceptors (Lipinski definition) is 4. The van der Waals surface area contributed by atoms with Gasteiger partial charge in [-0.15, -0.1) is 0 Å². The Morgan fingerprint density at radius 2 is 2.03 bits per heavy atom. The largest absolute Gasteiger partial charge is 0.326 e. The van der Waals surface area contributed by atoms with Gasteiger partial charge in [0.25, 0.3) is 5.91 Å². The molecule has 0 aromatic heterocycles. The fourth-order valence-corrected chi connectivity index (χ4v) is 4.21. The molecule has 2 aromatic carbocycles. The summed E-state index contributed by atoms with van der Waals surface area (Å²) in [5.41, 5.74) is 3.86. The molecule has 1 fully saturated rings. The van der Waals surface area contributed by atoms with Crippen LogP contribution in [-0.4, -0.2) is 34.6 Å². The molecule has 0 saturated carbocycles. The standard InChI is InChI=1S/C23H22ClN3O4/c1-13-5-7-15(11-18(13)24)25-20(28)9-6-14-3-2-4-16-17(14)12-27(23(16)31)19-8-10-21(29)26-22(19)30/h2-5,7,11,19H,6,8-10,12H2,1H3,(H,25,28)(H,26,29,30). The number of carbonyl (C=O) groups is 4. The zero-order chi connectivity index (χ0) is 22.1. The minimum atomic E-state index is -0.653. The van der Waals surface area contributed by atoms with Crippen molar-refractivity contribution in [3.8, 4) is 0 Å². The van der Waals surface area contributed by atoms with E-state index in [0.29, 0.717) is 35.7 Å². The van der Waals surface area contributed by atoms with E-state index in [1.807, 2.05) is 19.1 Å². The Morgan fingerprint density at radius 3 is 2.77 bits per heavy atom. The van der Waals surface area contributed by atoms with Gasteiger partial charge in [0.2, 0.25) is 17.7 Å². The molecule has 1 atom stereocenters. The first-order valence-corrected chi connectivity index (χ1v) is 10.5. The summed E-state index contributed by atoms with van der Waals surface area (Å²) in [6, 6.07) is 10.1. The molecule has 1 unspecified atom stereocenters. The highest BCUT2D eigenvalue weighted by atomic mass is 35.5. The monoisotopic (exact) mass is 439 g/mol. The van der Waals surface area contributed by atoms with E-state index >= 15 is 0 Å². The minimum absolute atomic E-state index is 0.149. The summed E-state index contributed by atoms with van der Waals surface area (Å²) in [4.78, 5) is 50.5. The van der Waals surface area contributed by atoms with E-state index in [4.69, 9.17) is 11.6 Å². The molecule has 31 heavy (non-hydrogen) atoms. The van der Waals surface area contributed by atoms with Crippen LogP contribution in [0.3, 0.4) is 0 Å². The number of benzene rings is 2. The summed E-state index contributed by atoms with van der Waals surface area (Å²) in [5, 5.41) is 5.73. The molecule has 160 valence electrons. The van der Waals surface area contributed by atoms with Gasteiger partial charge in [-0.2, -0.15) is 0 Å². The Kier molecular flexibility index (Phi) is 5.78. The van der Waals surface area contributed by atoms with Gasteiger partial charge in [0, 0.05) is 35.7 Å². The number of piperidine rings is 1. The van der Waals surface area contributed by atoms with Crippen molar-refractivity contribution in [2.75, 3.05) is 5.32 Å². The number of aryl methyl sites for hydroxylation is 2. The fourth-order valence-electron chi connectivity index (χ4n) is 4.03. The number of nitrogens with zero attached hydrogens (tertiary/aromatic N) is 1. The first-order valence-electron chi connectivity index (χ1n) is 10.1. The number of anilines is 1. The van der Waals surface area contributed by atoms with Crippen LogP contribution in [0.4, 0.5) is 5.69 Å². The Bertz CT molecular complexity index is 1100. The Balaban J connectivity index is 1.43. The lowest BCUT2D eigenvalue weighted by molar-refractivity contribution is -0.137. The molecule has 2 heterocycles. The number of imide groups is 1. The predicted molar refractivity (Wildman–Crippen MR) is 116 cm³/mol. The lowest BCUT2D eigenvalue weighted by Gasteiger charge is -2.29. The topological polar surface area (TPSA) is 95.6 Å². The Labute approximate surface area is 184 Å². The predicted octanol–water partition coefficient (Wildman–Crippen LogP) is 2.98. The van der Waals surface area contributed by atoms with Crippen molar-refractivity contribution < 1.29 is 19.2 Å². The summed E-state index contributed by atoms with van der Waals surface area (Å²) in [6.07, 6.45) is 1.24. The molecule has 2 aromatic rings. The van der Waals surface area contributed by atoms with Gasteiger partial charge >= 0.3 is 0 Å². The van der Waals surface area contributed by atoms with Crippen LogP contribution in [0.1, 0.15) is 46.3 Å². The maximum atomic E-state index is 12.9. The number of nitrogens with one attached hydrogen (secondary N) is 2. The zero-order valence-electron chi connectivity index (χ0n) is 17.0. The molecule has 0 radical (unpaired) electrons. The third-order valence-electron chi connectivity index (χ3n) is 5.76. The Hall–Kier alpha value is -3.19. The summed E-state index contributed by atoms with van der Waals surface area (Å²) >= 11 is 6.11. The molecule has 1 saturated heterocycles. The van der Waals surface area contributed by atoms with Crippen molar-refractivity contribution in [3.63, 3.8) is 0 Å². The van der Waals surface area contributed by atoms with Gasteiger partial charge in [-0.1, -0.05) is 29.8 Å². The molecule has 8 heteroatoms. The van der Waals surface area contributed by atoms with Crippen molar-refractivity contribution in [1.29, 1.82) is 0 Å². The van der Waals surface area contributed by atoms with Crippen LogP contribution in [-0.2, 0) is 27.3 Å². The number of hydrogen-bond donors (Lipinski definition) is 2. The van der Waals surface area contributed by atoms with Gasteiger partial charge in [-0.25, -0.2) is 0 Å². The molecule has 2 N–H and O–H groups in total. The molecule has 0 spiro atoms. The van der Waals surface area contributed by atoms with E-state index in [0.717, 1.165) is 16.7 Å². The summed E-state index contributed by atoms with van der Waals surface area (Å²) in [5.74, 6) is -1.11. The number of carbonyl (C=O) groups excluding carboxylic acids is 4. The van der Waals surface area contributed by atoms with Gasteiger partial charge in [-0.3, -0.25) is 24.5 Å². The van der Waals surface area contributed by atoms with Crippen molar-refractivity contribution >= 4 is 40.9 Å². The summed E-state index contributed by atoms with van der Waals surface area (Å²) in [6.45, 7) is 2.19. The second-order valence-corrected chi connectivity index (χ2v) is 8.26. The van der Waals surface area contributed by atoms with Crippen LogP contribution in [0, 0.1) is 6.92 Å². The van der Waals surface area contributed by atoms with Crippen LogP contribution in [0.25, 0.3) is 0 Å². The van der Waals surface area contributed by atoms with Gasteiger partial charge in [0.1, 0.15) is 6.04 Å². The smallest absolute Gasteiger partial charge is 0.255 e. The van der Waals surface area contributed by atoms with Crippen LogP contribution in [0.2, 0.25) is 5.02 Å². The highest BCUT2D eigenvalue weighted by Crippen LogP contribution is 2.30. The molecule has 0 aliphatic carbocycles. The first kappa shape index (κ1) is 21.1. The Morgan fingerprint density at radius 1 is 1.23 bits per heavy atom. The van der Waals surface area contributed by atoms with E-state index in [1.54, 1.807) is 24.3 Å². The molecule has 0 bridgehead atoms. The number of fused-ring (bicyclic) bond motifs is 1. The minimum Gasteiger partial charge on any atom is -0.326 e. The van der Waals surface area contributed by atoms with Crippen molar-refractivity contribution in [1.82, 2.24) is 10.2 Å². The maximum Gasteiger partial charge on any atom is 0.255 e. The average Bonchev–Trinajstić information content (AvgIpc) is 3.06. The second kappa shape index (κ2) is 8.51. The van der Waals surface area contributed by atoms with Crippen molar-refractivity contribution in [3.05, 3.63) is 63.7 Å². The van der Waals surface area contributed by atoms with E-state index in [1.165, 1.54) is 4.90 Å². The highest BCUT2D eigenvalue weighted by molar-refractivity contribution is 6.31. The summed E-state index contributed by atoms with van der Waals surface area (Å²) in [7, 11) is 0. The highest BCUT2D eigenvalue weighted by Gasteiger charge is 2.39. The van der Waals surface area contributed by atoms with Gasteiger partial charge in [0.15, 0.2) is 0 Å². The normalized spacial score (nSPS) is 18.1. The van der Waals surface area contributed by atoms with Crippen molar-refractivity contribution in [2.45, 2.75) is 45.2 Å². The molecule has 4 amide bonds. The number of amides is 4. The average molecular weight is 440 g/mol. The molecule has 2 aliphatic rings. The van der Waals surface area contributed by atoms with E-state index < -0.39 is 11.9 Å². The van der Waals surface area contributed by atoms with E-state index in [2.05, 4.69) is 10.6 Å². The van der Waals surface area contributed by atoms with Gasteiger partial charge in [0.05, 0.1) is 0 Å². The fraction of sp³-hybridized carbons (Fsp3) is 0.304. The quantitative estimate of drug-likeness (QED) is 0.700. The van der Waals surface area contributed by atoms with Gasteiger partial charge < -0.3 is 10.2 Å². The molecular formula is C23H22ClN3O4. The van der Waals surface area contributed by atoms with Crippen LogP contribution in [0.5, 0.6) is 0 Å². The third-order valence-corrected chi connectivity index (χ3v) is 6.16. The molecule has 2 aliphatic heterocycles. The lowest BCUT2D eigenvalue weighted by atomic mass is 9.99. The number of rotatable bonds is 5. The maximum absolute atomic E-state index is 12.9. The third kappa shape index (κ3) is 4.32. The molecular weight excluding hydrogens is 418 g/mol. The second-order valence-electron chi connectivity index (χ2n) is 7.86. The molecule has 7 nitrogen and oxygen atoms in total. The van der Waals surface area contributed by atoms with E-state index in [9.17, 15) is 19.2 Å². The number of halogens is 1. The van der Waals surface area contributed by atoms with Crippen LogP contribution in [0.15, 0.2) is 36.4 Å². The van der Waals surface area contributed by atoms with E-state index in [-0.39, 0.29) is 30.6 Å². The van der Waals surface area contributed by atoms with Gasteiger partial charge in [-0.05, 0) is 54.7 Å².